The topological polar surface area (TPSA) is 46.2 Å². The minimum Gasteiger partial charge on any atom is -0.315 e. The zero-order valence-corrected chi connectivity index (χ0v) is 11.2. The summed E-state index contributed by atoms with van der Waals surface area (Å²) in [7, 11) is -2.80. The van der Waals surface area contributed by atoms with Gasteiger partial charge in [-0.05, 0) is 31.7 Å². The van der Waals surface area contributed by atoms with Crippen LogP contribution in [0.25, 0.3) is 0 Å². The van der Waals surface area contributed by atoms with Crippen LogP contribution in [0.15, 0.2) is 0 Å². The molecule has 0 unspecified atom stereocenters. The van der Waals surface area contributed by atoms with Gasteiger partial charge in [0.05, 0.1) is 11.5 Å². The van der Waals surface area contributed by atoms with Gasteiger partial charge in [0.15, 0.2) is 9.84 Å². The molecule has 1 aliphatic carbocycles. The third-order valence-corrected chi connectivity index (χ3v) is 5.04. The molecule has 0 spiro atoms. The molecule has 96 valence electrons. The van der Waals surface area contributed by atoms with Gasteiger partial charge in [-0.3, -0.25) is 0 Å². The molecule has 0 saturated heterocycles. The van der Waals surface area contributed by atoms with Gasteiger partial charge in [-0.15, -0.1) is 0 Å². The lowest BCUT2D eigenvalue weighted by Gasteiger charge is -2.10. The Kier molecular flexibility index (Phi) is 6.36. The Morgan fingerprint density at radius 1 is 1.19 bits per heavy atom. The molecule has 0 atom stereocenters. The van der Waals surface area contributed by atoms with Crippen molar-refractivity contribution in [1.29, 1.82) is 0 Å². The van der Waals surface area contributed by atoms with E-state index in [1.165, 1.54) is 25.7 Å². The fourth-order valence-electron chi connectivity index (χ4n) is 2.21. The maximum Gasteiger partial charge on any atom is 0.151 e. The average molecular weight is 247 g/mol. The van der Waals surface area contributed by atoms with Crippen LogP contribution >= 0.6 is 0 Å². The highest BCUT2D eigenvalue weighted by Crippen LogP contribution is 2.23. The normalized spacial score (nSPS) is 18.1. The summed E-state index contributed by atoms with van der Waals surface area (Å²) in [6.45, 7) is 3.65. The Bertz CT molecular complexity index is 269. The predicted octanol–water partition coefficient (Wildman–Crippen LogP) is 1.98. The van der Waals surface area contributed by atoms with Crippen molar-refractivity contribution in [3.8, 4) is 0 Å². The zero-order chi connectivity index (χ0) is 11.9. The lowest BCUT2D eigenvalue weighted by atomic mass is 10.1. The number of sulfone groups is 1. The van der Waals surface area contributed by atoms with E-state index in [-0.39, 0.29) is 0 Å². The lowest BCUT2D eigenvalue weighted by molar-refractivity contribution is 0.497. The SMILES string of the molecule is CCCCS(=O)(=O)CCNCC1CCCC1. The fourth-order valence-corrected chi connectivity index (χ4v) is 3.60. The molecule has 0 heterocycles. The van der Waals surface area contributed by atoms with Crippen LogP contribution in [-0.2, 0) is 9.84 Å². The van der Waals surface area contributed by atoms with Crippen molar-refractivity contribution in [3.63, 3.8) is 0 Å². The first-order chi connectivity index (χ1) is 7.64. The Balaban J connectivity index is 2.05. The van der Waals surface area contributed by atoms with Gasteiger partial charge >= 0.3 is 0 Å². The first-order valence-corrected chi connectivity index (χ1v) is 8.37. The van der Waals surface area contributed by atoms with Crippen LogP contribution in [0.5, 0.6) is 0 Å². The second-order valence-corrected chi connectivity index (χ2v) is 7.16. The molecule has 4 heteroatoms. The van der Waals surface area contributed by atoms with Crippen molar-refractivity contribution in [2.45, 2.75) is 45.4 Å². The van der Waals surface area contributed by atoms with Crippen LogP contribution in [0.2, 0.25) is 0 Å². The maximum absolute atomic E-state index is 11.5. The molecule has 0 aromatic carbocycles. The van der Waals surface area contributed by atoms with E-state index in [0.717, 1.165) is 25.3 Å². The van der Waals surface area contributed by atoms with Crippen molar-refractivity contribution in [1.82, 2.24) is 5.32 Å². The molecule has 3 nitrogen and oxygen atoms in total. The molecular formula is C12H25NO2S. The van der Waals surface area contributed by atoms with E-state index in [4.69, 9.17) is 0 Å². The summed E-state index contributed by atoms with van der Waals surface area (Å²) in [6, 6.07) is 0. The van der Waals surface area contributed by atoms with Gasteiger partial charge in [-0.25, -0.2) is 8.42 Å². The van der Waals surface area contributed by atoms with Crippen LogP contribution in [0.1, 0.15) is 45.4 Å². The maximum atomic E-state index is 11.5. The molecule has 0 aromatic heterocycles. The largest absolute Gasteiger partial charge is 0.315 e. The Morgan fingerprint density at radius 2 is 1.88 bits per heavy atom. The molecule has 0 bridgehead atoms. The van der Waals surface area contributed by atoms with Gasteiger partial charge in [0, 0.05) is 6.54 Å². The highest BCUT2D eigenvalue weighted by molar-refractivity contribution is 7.91. The quantitative estimate of drug-likeness (QED) is 0.667. The third-order valence-electron chi connectivity index (χ3n) is 3.31. The van der Waals surface area contributed by atoms with Crippen molar-refractivity contribution in [2.75, 3.05) is 24.6 Å². The molecule has 16 heavy (non-hydrogen) atoms. The molecule has 1 saturated carbocycles. The monoisotopic (exact) mass is 247 g/mol. The lowest BCUT2D eigenvalue weighted by Crippen LogP contribution is -2.28. The van der Waals surface area contributed by atoms with Gasteiger partial charge in [0.2, 0.25) is 0 Å². The Morgan fingerprint density at radius 3 is 2.50 bits per heavy atom. The number of unbranched alkanes of at least 4 members (excludes halogenated alkanes) is 1. The molecule has 0 aromatic rings. The number of rotatable bonds is 8. The van der Waals surface area contributed by atoms with Gasteiger partial charge in [0.1, 0.15) is 0 Å². The van der Waals surface area contributed by atoms with Crippen LogP contribution in [0.3, 0.4) is 0 Å². The number of nitrogens with one attached hydrogen (secondary N) is 1. The first kappa shape index (κ1) is 14.0. The minimum absolute atomic E-state index is 0.305. The van der Waals surface area contributed by atoms with E-state index < -0.39 is 9.84 Å². The first-order valence-electron chi connectivity index (χ1n) is 6.55. The molecule has 0 radical (unpaired) electrons. The summed E-state index contributed by atoms with van der Waals surface area (Å²) < 4.78 is 23.1. The third kappa shape index (κ3) is 5.85. The minimum atomic E-state index is -2.80. The van der Waals surface area contributed by atoms with Crippen LogP contribution < -0.4 is 5.32 Å². The molecule has 0 amide bonds. The van der Waals surface area contributed by atoms with Crippen molar-refractivity contribution in [3.05, 3.63) is 0 Å². The standard InChI is InChI=1S/C12H25NO2S/c1-2-3-9-16(14,15)10-8-13-11-12-6-4-5-7-12/h12-13H,2-11H2,1H3. The molecule has 1 rings (SSSR count). The van der Waals surface area contributed by atoms with E-state index in [1.807, 2.05) is 6.92 Å². The fraction of sp³-hybridized carbons (Fsp3) is 1.00. The Hall–Kier alpha value is -0.0900. The second kappa shape index (κ2) is 7.28. The van der Waals surface area contributed by atoms with Crippen LogP contribution in [-0.4, -0.2) is 33.0 Å². The van der Waals surface area contributed by atoms with E-state index in [1.54, 1.807) is 0 Å². The molecule has 0 aliphatic heterocycles. The van der Waals surface area contributed by atoms with Crippen LogP contribution in [0.4, 0.5) is 0 Å². The van der Waals surface area contributed by atoms with Gasteiger partial charge in [-0.1, -0.05) is 26.2 Å². The molecular weight excluding hydrogens is 222 g/mol. The van der Waals surface area contributed by atoms with E-state index in [2.05, 4.69) is 5.32 Å². The molecule has 1 N–H and O–H groups in total. The van der Waals surface area contributed by atoms with Crippen molar-refractivity contribution >= 4 is 9.84 Å². The summed E-state index contributed by atoms with van der Waals surface area (Å²) >= 11 is 0. The summed E-state index contributed by atoms with van der Waals surface area (Å²) in [4.78, 5) is 0. The predicted molar refractivity (Wildman–Crippen MR) is 68.4 cm³/mol. The van der Waals surface area contributed by atoms with Crippen molar-refractivity contribution in [2.24, 2.45) is 5.92 Å². The summed E-state index contributed by atoms with van der Waals surface area (Å²) in [5, 5.41) is 3.28. The Labute approximate surface area is 99.9 Å². The van der Waals surface area contributed by atoms with Gasteiger partial charge in [-0.2, -0.15) is 0 Å². The van der Waals surface area contributed by atoms with Gasteiger partial charge < -0.3 is 5.32 Å². The average Bonchev–Trinajstić information content (AvgIpc) is 2.75. The van der Waals surface area contributed by atoms with E-state index in [9.17, 15) is 8.42 Å². The summed E-state index contributed by atoms with van der Waals surface area (Å²) in [5.41, 5.74) is 0. The number of hydrogen-bond donors (Lipinski definition) is 1. The van der Waals surface area contributed by atoms with Gasteiger partial charge in [0.25, 0.3) is 0 Å². The van der Waals surface area contributed by atoms with E-state index >= 15 is 0 Å². The second-order valence-electron chi connectivity index (χ2n) is 4.86. The highest BCUT2D eigenvalue weighted by Gasteiger charge is 2.15. The number of hydrogen-bond acceptors (Lipinski definition) is 3. The van der Waals surface area contributed by atoms with Crippen molar-refractivity contribution < 1.29 is 8.42 Å². The molecule has 1 aliphatic rings. The summed E-state index contributed by atoms with van der Waals surface area (Å²) in [6.07, 6.45) is 7.08. The van der Waals surface area contributed by atoms with Crippen LogP contribution in [0, 0.1) is 5.92 Å². The van der Waals surface area contributed by atoms with E-state index in [0.29, 0.717) is 18.1 Å². The smallest absolute Gasteiger partial charge is 0.151 e. The zero-order valence-electron chi connectivity index (χ0n) is 10.4. The highest BCUT2D eigenvalue weighted by atomic mass is 32.2. The molecule has 1 fully saturated rings. The summed E-state index contributed by atoms with van der Waals surface area (Å²) in [5.74, 6) is 1.45.